The highest BCUT2D eigenvalue weighted by atomic mass is 16.5. The molecule has 1 saturated heterocycles. The van der Waals surface area contributed by atoms with Crippen molar-refractivity contribution in [1.29, 1.82) is 0 Å². The van der Waals surface area contributed by atoms with Crippen molar-refractivity contribution in [3.8, 4) is 11.5 Å². The Morgan fingerprint density at radius 1 is 1.04 bits per heavy atom. The van der Waals surface area contributed by atoms with Gasteiger partial charge in [0.2, 0.25) is 0 Å². The van der Waals surface area contributed by atoms with Gasteiger partial charge >= 0.3 is 0 Å². The molecule has 1 heterocycles. The molecule has 1 aromatic rings. The molecule has 2 aliphatic carbocycles. The van der Waals surface area contributed by atoms with Gasteiger partial charge in [0.05, 0.1) is 13.7 Å². The first-order valence-corrected chi connectivity index (χ1v) is 10.0. The third-order valence-electron chi connectivity index (χ3n) is 6.51. The molecule has 0 radical (unpaired) electrons. The highest BCUT2D eigenvalue weighted by molar-refractivity contribution is 5.43. The zero-order valence-electron chi connectivity index (χ0n) is 15.7. The molecular weight excluding hydrogens is 312 g/mol. The predicted octanol–water partition coefficient (Wildman–Crippen LogP) is 3.40. The molecule has 3 atom stereocenters. The van der Waals surface area contributed by atoms with E-state index in [0.29, 0.717) is 6.61 Å². The average molecular weight is 344 g/mol. The second kappa shape index (κ2) is 7.55. The van der Waals surface area contributed by atoms with Crippen LogP contribution in [0, 0.1) is 11.8 Å². The van der Waals surface area contributed by atoms with E-state index in [1.807, 2.05) is 13.0 Å². The van der Waals surface area contributed by atoms with Crippen molar-refractivity contribution < 1.29 is 9.47 Å². The number of methoxy groups -OCH3 is 1. The monoisotopic (exact) mass is 344 g/mol. The van der Waals surface area contributed by atoms with E-state index in [1.54, 1.807) is 7.11 Å². The third kappa shape index (κ3) is 3.65. The van der Waals surface area contributed by atoms with Crippen LogP contribution in [-0.2, 0) is 6.54 Å². The van der Waals surface area contributed by atoms with Crippen LogP contribution in [0.1, 0.15) is 38.2 Å². The molecule has 25 heavy (non-hydrogen) atoms. The van der Waals surface area contributed by atoms with Gasteiger partial charge in [-0.05, 0) is 55.7 Å². The maximum absolute atomic E-state index is 5.72. The molecule has 2 saturated carbocycles. The first-order chi connectivity index (χ1) is 12.3. The third-order valence-corrected chi connectivity index (χ3v) is 6.51. The van der Waals surface area contributed by atoms with Crippen LogP contribution in [0.2, 0.25) is 0 Å². The standard InChI is InChI=1S/C21H32N2O2/c1-3-25-21-14-17(5-7-20(21)24-2)15-22-8-10-23(11-9-22)19-13-16-4-6-18(19)12-16/h5,7,14,16,18-19H,3-4,6,8-13,15H2,1-2H3/t16-,18-,19+/m0/s1. The Hall–Kier alpha value is -1.26. The van der Waals surface area contributed by atoms with Crippen molar-refractivity contribution in [2.45, 2.75) is 45.2 Å². The molecule has 0 amide bonds. The number of piperazine rings is 1. The van der Waals surface area contributed by atoms with E-state index >= 15 is 0 Å². The summed E-state index contributed by atoms with van der Waals surface area (Å²) in [5.41, 5.74) is 1.32. The largest absolute Gasteiger partial charge is 0.493 e. The second-order valence-electron chi connectivity index (χ2n) is 7.97. The van der Waals surface area contributed by atoms with Gasteiger partial charge in [0, 0.05) is 38.8 Å². The van der Waals surface area contributed by atoms with E-state index in [2.05, 4.69) is 21.9 Å². The molecule has 1 aliphatic heterocycles. The summed E-state index contributed by atoms with van der Waals surface area (Å²) in [6.07, 6.45) is 5.97. The number of hydrogen-bond acceptors (Lipinski definition) is 4. The van der Waals surface area contributed by atoms with Gasteiger partial charge in [-0.25, -0.2) is 0 Å². The molecule has 0 unspecified atom stereocenters. The van der Waals surface area contributed by atoms with Crippen LogP contribution in [-0.4, -0.2) is 55.7 Å². The van der Waals surface area contributed by atoms with E-state index in [9.17, 15) is 0 Å². The fourth-order valence-corrected chi connectivity index (χ4v) is 5.26. The van der Waals surface area contributed by atoms with E-state index in [4.69, 9.17) is 9.47 Å². The van der Waals surface area contributed by atoms with Crippen LogP contribution >= 0.6 is 0 Å². The lowest BCUT2D eigenvalue weighted by Crippen LogP contribution is -2.51. The van der Waals surface area contributed by atoms with Crippen LogP contribution in [0.5, 0.6) is 11.5 Å². The Balaban J connectivity index is 1.32. The first-order valence-electron chi connectivity index (χ1n) is 10.0. The molecule has 0 aromatic heterocycles. The van der Waals surface area contributed by atoms with Crippen molar-refractivity contribution in [1.82, 2.24) is 9.80 Å². The number of hydrogen-bond donors (Lipinski definition) is 0. The Bertz CT molecular complexity index is 583. The minimum absolute atomic E-state index is 0.669. The SMILES string of the molecule is CCOc1cc(CN2CCN([C@@H]3C[C@H]4CC[C@H]3C4)CC2)ccc1OC. The molecule has 3 fully saturated rings. The van der Waals surface area contributed by atoms with Gasteiger partial charge in [0.15, 0.2) is 11.5 Å². The number of benzene rings is 1. The maximum Gasteiger partial charge on any atom is 0.161 e. The normalized spacial score (nSPS) is 29.9. The first kappa shape index (κ1) is 17.2. The topological polar surface area (TPSA) is 24.9 Å². The Morgan fingerprint density at radius 3 is 2.52 bits per heavy atom. The number of rotatable bonds is 6. The van der Waals surface area contributed by atoms with Gasteiger partial charge in [-0.1, -0.05) is 12.5 Å². The van der Waals surface area contributed by atoms with E-state index in [0.717, 1.165) is 35.9 Å². The number of nitrogens with zero attached hydrogens (tertiary/aromatic N) is 2. The smallest absolute Gasteiger partial charge is 0.161 e. The zero-order chi connectivity index (χ0) is 17.2. The summed E-state index contributed by atoms with van der Waals surface area (Å²) in [5.74, 6) is 3.74. The van der Waals surface area contributed by atoms with Crippen molar-refractivity contribution in [3.63, 3.8) is 0 Å². The molecular formula is C21H32N2O2. The summed E-state index contributed by atoms with van der Waals surface area (Å²) in [5, 5.41) is 0. The maximum atomic E-state index is 5.72. The highest BCUT2D eigenvalue weighted by Crippen LogP contribution is 2.46. The molecule has 0 N–H and O–H groups in total. The second-order valence-corrected chi connectivity index (χ2v) is 7.97. The van der Waals surface area contributed by atoms with Crippen molar-refractivity contribution in [3.05, 3.63) is 23.8 Å². The van der Waals surface area contributed by atoms with E-state index in [1.165, 1.54) is 57.4 Å². The highest BCUT2D eigenvalue weighted by Gasteiger charge is 2.42. The van der Waals surface area contributed by atoms with Crippen LogP contribution in [0.25, 0.3) is 0 Å². The molecule has 3 aliphatic rings. The van der Waals surface area contributed by atoms with Crippen molar-refractivity contribution in [2.75, 3.05) is 39.9 Å². The summed E-state index contributed by atoms with van der Waals surface area (Å²) in [4.78, 5) is 5.38. The molecule has 4 nitrogen and oxygen atoms in total. The summed E-state index contributed by atoms with van der Waals surface area (Å²) in [6.45, 7) is 8.54. The lowest BCUT2D eigenvalue weighted by Gasteiger charge is -2.41. The lowest BCUT2D eigenvalue weighted by atomic mass is 9.93. The fraction of sp³-hybridized carbons (Fsp3) is 0.714. The minimum Gasteiger partial charge on any atom is -0.493 e. The van der Waals surface area contributed by atoms with Crippen LogP contribution < -0.4 is 9.47 Å². The Labute approximate surface area is 152 Å². The van der Waals surface area contributed by atoms with Crippen molar-refractivity contribution >= 4 is 0 Å². The lowest BCUT2D eigenvalue weighted by molar-refractivity contribution is 0.0679. The molecule has 4 rings (SSSR count). The molecule has 0 spiro atoms. The fourth-order valence-electron chi connectivity index (χ4n) is 5.26. The van der Waals surface area contributed by atoms with Crippen LogP contribution in [0.3, 0.4) is 0 Å². The summed E-state index contributed by atoms with van der Waals surface area (Å²) >= 11 is 0. The Morgan fingerprint density at radius 2 is 1.88 bits per heavy atom. The molecule has 4 heteroatoms. The predicted molar refractivity (Wildman–Crippen MR) is 100 cm³/mol. The van der Waals surface area contributed by atoms with Gasteiger partial charge in [-0.3, -0.25) is 9.80 Å². The van der Waals surface area contributed by atoms with Gasteiger partial charge in [-0.15, -0.1) is 0 Å². The summed E-state index contributed by atoms with van der Waals surface area (Å²) < 4.78 is 11.1. The van der Waals surface area contributed by atoms with Gasteiger partial charge in [-0.2, -0.15) is 0 Å². The zero-order valence-corrected chi connectivity index (χ0v) is 15.7. The summed E-state index contributed by atoms with van der Waals surface area (Å²) in [6, 6.07) is 7.24. The van der Waals surface area contributed by atoms with E-state index < -0.39 is 0 Å². The Kier molecular flexibility index (Phi) is 5.18. The average Bonchev–Trinajstić information content (AvgIpc) is 3.26. The van der Waals surface area contributed by atoms with Crippen molar-refractivity contribution in [2.24, 2.45) is 11.8 Å². The molecule has 138 valence electrons. The quantitative estimate of drug-likeness (QED) is 0.790. The summed E-state index contributed by atoms with van der Waals surface area (Å²) in [7, 11) is 1.70. The number of ether oxygens (including phenoxy) is 2. The van der Waals surface area contributed by atoms with Gasteiger partial charge in [0.1, 0.15) is 0 Å². The number of fused-ring (bicyclic) bond motifs is 2. The minimum atomic E-state index is 0.669. The van der Waals surface area contributed by atoms with E-state index in [-0.39, 0.29) is 0 Å². The van der Waals surface area contributed by atoms with Crippen LogP contribution in [0.15, 0.2) is 18.2 Å². The molecule has 1 aromatic carbocycles. The van der Waals surface area contributed by atoms with Crippen LogP contribution in [0.4, 0.5) is 0 Å². The molecule has 2 bridgehead atoms. The van der Waals surface area contributed by atoms with Gasteiger partial charge in [0.25, 0.3) is 0 Å². The van der Waals surface area contributed by atoms with Gasteiger partial charge < -0.3 is 9.47 Å².